The Morgan fingerprint density at radius 1 is 1.14 bits per heavy atom. The molecular weight excluding hydrogens is 744 g/mol. The third-order valence-corrected chi connectivity index (χ3v) is 11.0. The first kappa shape index (κ1) is 44.0. The fourth-order valence-corrected chi connectivity index (χ4v) is 7.19. The van der Waals surface area contributed by atoms with Crippen LogP contribution < -0.4 is 15.4 Å². The number of nitrogens with one attached hydrogen (secondary N) is 2. The Morgan fingerprint density at radius 2 is 1.86 bits per heavy atom. The molecule has 14 nitrogen and oxygen atoms in total. The number of rotatable bonds is 20. The second-order valence-electron chi connectivity index (χ2n) is 14.9. The fraction of sp³-hybridized carbons (Fsp3) is 0.561. The standard InChI is InChI=1S/C41H55ClN4O10/c1-25(21-28-16-17-30(42)32(22-28)53-7)13-10-11-14-29-23-31(54-40(52)44-29)26(2)38-41(4,56-38)33(24-34(47)43-5)55-39(51)27(3)45(6)35(48)15-9-8-12-20-46-36(49)18-19-37(46)50/h10-11,13,16-19,22,26-27,29,31,33,38H,8-9,12,14-15,20-21,23-24H2,1-7H3,(H,43,47)(H,44,52)/b11-10+,25-13+/t26-,27?,29?,31?,33+,38+,41?/m1/s1. The summed E-state index contributed by atoms with van der Waals surface area (Å²) in [5.74, 6) is -1.64. The monoisotopic (exact) mass is 798 g/mol. The number of nitrogens with zero attached hydrogens (tertiary/aromatic N) is 2. The highest BCUT2D eigenvalue weighted by Crippen LogP contribution is 2.48. The summed E-state index contributed by atoms with van der Waals surface area (Å²) in [5.41, 5.74) is 1.17. The highest BCUT2D eigenvalue weighted by atomic mass is 35.5. The molecule has 4 unspecified atom stereocenters. The van der Waals surface area contributed by atoms with Gasteiger partial charge in [0.05, 0.1) is 24.7 Å². The predicted octanol–water partition coefficient (Wildman–Crippen LogP) is 4.82. The molecule has 0 saturated carbocycles. The van der Waals surface area contributed by atoms with Crippen LogP contribution in [0.15, 0.2) is 54.2 Å². The number of ether oxygens (including phenoxy) is 4. The molecule has 2 saturated heterocycles. The van der Waals surface area contributed by atoms with Crippen LogP contribution in [0.4, 0.5) is 4.79 Å². The summed E-state index contributed by atoms with van der Waals surface area (Å²) >= 11 is 6.15. The lowest BCUT2D eigenvalue weighted by atomic mass is 9.85. The molecule has 7 atom stereocenters. The van der Waals surface area contributed by atoms with Crippen molar-refractivity contribution in [2.45, 2.75) is 115 Å². The lowest BCUT2D eigenvalue weighted by Crippen LogP contribution is -2.49. The topological polar surface area (TPSA) is 173 Å². The highest BCUT2D eigenvalue weighted by molar-refractivity contribution is 6.32. The zero-order valence-electron chi connectivity index (χ0n) is 33.3. The van der Waals surface area contributed by atoms with Gasteiger partial charge in [-0.3, -0.25) is 24.1 Å². The number of halogens is 1. The Bertz CT molecular complexity index is 1710. The van der Waals surface area contributed by atoms with E-state index in [2.05, 4.69) is 10.6 Å². The van der Waals surface area contributed by atoms with Gasteiger partial charge < -0.3 is 34.5 Å². The van der Waals surface area contributed by atoms with Crippen LogP contribution in [0.3, 0.4) is 0 Å². The summed E-state index contributed by atoms with van der Waals surface area (Å²) in [6.07, 6.45) is 9.52. The number of cyclic esters (lactones) is 1. The molecule has 1 aromatic carbocycles. The van der Waals surface area contributed by atoms with Gasteiger partial charge in [-0.05, 0) is 64.2 Å². The Morgan fingerprint density at radius 3 is 2.54 bits per heavy atom. The number of allylic oxidation sites excluding steroid dienone is 3. The quantitative estimate of drug-likeness (QED) is 0.0612. The number of carbonyl (C=O) groups excluding carboxylic acids is 6. The third kappa shape index (κ3) is 11.7. The lowest BCUT2D eigenvalue weighted by Gasteiger charge is -2.33. The number of benzene rings is 1. The first-order valence-electron chi connectivity index (χ1n) is 19.1. The first-order valence-corrected chi connectivity index (χ1v) is 19.5. The first-order chi connectivity index (χ1) is 26.6. The summed E-state index contributed by atoms with van der Waals surface area (Å²) in [7, 11) is 4.59. The van der Waals surface area contributed by atoms with Crippen LogP contribution in [0.2, 0.25) is 5.02 Å². The number of imide groups is 1. The van der Waals surface area contributed by atoms with E-state index in [4.69, 9.17) is 30.5 Å². The summed E-state index contributed by atoms with van der Waals surface area (Å²) < 4.78 is 23.1. The van der Waals surface area contributed by atoms with Crippen molar-refractivity contribution in [3.8, 4) is 5.75 Å². The molecule has 3 aliphatic heterocycles. The molecule has 2 N–H and O–H groups in total. The normalized spacial score (nSPS) is 23.6. The number of esters is 1. The second kappa shape index (κ2) is 19.9. The molecule has 306 valence electrons. The van der Waals surface area contributed by atoms with Crippen molar-refractivity contribution >= 4 is 47.3 Å². The molecule has 0 radical (unpaired) electrons. The number of methoxy groups -OCH3 is 1. The van der Waals surface area contributed by atoms with Gasteiger partial charge in [0.1, 0.15) is 29.6 Å². The van der Waals surface area contributed by atoms with Crippen molar-refractivity contribution in [3.63, 3.8) is 0 Å². The van der Waals surface area contributed by atoms with E-state index < -0.39 is 42.0 Å². The molecule has 5 amide bonds. The van der Waals surface area contributed by atoms with E-state index in [0.29, 0.717) is 42.9 Å². The van der Waals surface area contributed by atoms with Crippen molar-refractivity contribution in [2.75, 3.05) is 27.7 Å². The van der Waals surface area contributed by atoms with E-state index in [-0.39, 0.29) is 55.0 Å². The summed E-state index contributed by atoms with van der Waals surface area (Å²) in [5, 5.41) is 6.02. The number of amides is 5. The van der Waals surface area contributed by atoms with Gasteiger partial charge in [0.25, 0.3) is 11.8 Å². The average molecular weight is 799 g/mol. The Hall–Kier alpha value is -4.69. The Balaban J connectivity index is 1.28. The van der Waals surface area contributed by atoms with E-state index in [1.54, 1.807) is 21.0 Å². The number of carbonyl (C=O) groups is 6. The van der Waals surface area contributed by atoms with Crippen LogP contribution >= 0.6 is 11.6 Å². The third-order valence-electron chi connectivity index (χ3n) is 10.7. The summed E-state index contributed by atoms with van der Waals surface area (Å²) in [6.45, 7) is 7.56. The average Bonchev–Trinajstić information content (AvgIpc) is 3.77. The molecule has 0 aliphatic carbocycles. The van der Waals surface area contributed by atoms with Crippen molar-refractivity contribution in [2.24, 2.45) is 5.92 Å². The van der Waals surface area contributed by atoms with Gasteiger partial charge in [0.15, 0.2) is 0 Å². The van der Waals surface area contributed by atoms with E-state index in [0.717, 1.165) is 22.5 Å². The molecule has 2 fully saturated rings. The van der Waals surface area contributed by atoms with Crippen molar-refractivity contribution in [1.29, 1.82) is 0 Å². The zero-order chi connectivity index (χ0) is 41.2. The van der Waals surface area contributed by atoms with Crippen molar-refractivity contribution < 1.29 is 47.7 Å². The maximum absolute atomic E-state index is 13.4. The number of hydrogen-bond donors (Lipinski definition) is 2. The number of hydrogen-bond acceptors (Lipinski definition) is 10. The molecule has 56 heavy (non-hydrogen) atoms. The number of alkyl carbamates (subject to hydrolysis) is 1. The molecule has 3 aliphatic rings. The minimum absolute atomic E-state index is 0.165. The minimum Gasteiger partial charge on any atom is -0.495 e. The predicted molar refractivity (Wildman–Crippen MR) is 209 cm³/mol. The molecule has 1 aromatic rings. The van der Waals surface area contributed by atoms with Crippen LogP contribution in [0.5, 0.6) is 5.75 Å². The lowest BCUT2D eigenvalue weighted by molar-refractivity contribution is -0.162. The molecule has 15 heteroatoms. The largest absolute Gasteiger partial charge is 0.495 e. The second-order valence-corrected chi connectivity index (χ2v) is 15.3. The van der Waals surface area contributed by atoms with Crippen LogP contribution in [-0.4, -0.2) is 109 Å². The van der Waals surface area contributed by atoms with Crippen LogP contribution in [0.1, 0.15) is 78.2 Å². The maximum atomic E-state index is 13.4. The number of epoxide rings is 1. The SMILES string of the molecule is CNC(=O)C[C@H](OC(=O)C(C)N(C)C(=O)CCCCCN1C(=O)C=CC1=O)C1(C)O[C@H]1[C@H](C)C1CC(C/C=C/C=C(\C)Cc2ccc(Cl)c(OC)c2)NC(=O)O1. The fourth-order valence-electron chi connectivity index (χ4n) is 6.99. The minimum atomic E-state index is -1.04. The molecule has 0 bridgehead atoms. The molecular formula is C41H55ClN4O10. The number of likely N-dealkylation sites (N-methyl/N-ethyl adjacent to an activating group) is 1. The Labute approximate surface area is 333 Å². The van der Waals surface area contributed by atoms with Crippen molar-refractivity contribution in [1.82, 2.24) is 20.4 Å². The molecule has 4 rings (SSSR count). The van der Waals surface area contributed by atoms with Gasteiger partial charge in [-0.15, -0.1) is 0 Å². The zero-order valence-corrected chi connectivity index (χ0v) is 34.1. The Kier molecular flexibility index (Phi) is 15.7. The van der Waals surface area contributed by atoms with Gasteiger partial charge in [-0.25, -0.2) is 9.59 Å². The van der Waals surface area contributed by atoms with Gasteiger partial charge in [0.2, 0.25) is 11.8 Å². The molecule has 3 heterocycles. The maximum Gasteiger partial charge on any atom is 0.407 e. The van der Waals surface area contributed by atoms with E-state index in [1.807, 2.05) is 50.3 Å². The van der Waals surface area contributed by atoms with Gasteiger partial charge in [-0.1, -0.05) is 54.8 Å². The van der Waals surface area contributed by atoms with Crippen molar-refractivity contribution in [3.05, 3.63) is 64.7 Å². The summed E-state index contributed by atoms with van der Waals surface area (Å²) in [4.78, 5) is 77.5. The van der Waals surface area contributed by atoms with E-state index in [1.165, 1.54) is 31.1 Å². The van der Waals surface area contributed by atoms with Gasteiger partial charge in [-0.2, -0.15) is 0 Å². The number of unbranched alkanes of at least 4 members (excludes halogenated alkanes) is 2. The smallest absolute Gasteiger partial charge is 0.407 e. The van der Waals surface area contributed by atoms with Crippen LogP contribution in [0, 0.1) is 5.92 Å². The van der Waals surface area contributed by atoms with Crippen LogP contribution in [0.25, 0.3) is 0 Å². The van der Waals surface area contributed by atoms with Crippen LogP contribution in [-0.2, 0) is 44.6 Å². The summed E-state index contributed by atoms with van der Waals surface area (Å²) in [6, 6.07) is 4.57. The van der Waals surface area contributed by atoms with E-state index >= 15 is 0 Å². The molecule has 0 aromatic heterocycles. The van der Waals surface area contributed by atoms with Gasteiger partial charge in [0, 0.05) is 57.6 Å². The van der Waals surface area contributed by atoms with E-state index in [9.17, 15) is 28.8 Å². The highest BCUT2D eigenvalue weighted by Gasteiger charge is 2.63. The van der Waals surface area contributed by atoms with Gasteiger partial charge >= 0.3 is 12.1 Å². The molecule has 0 spiro atoms.